The van der Waals surface area contributed by atoms with E-state index in [1.165, 1.54) is 0 Å². The van der Waals surface area contributed by atoms with Crippen LogP contribution in [-0.2, 0) is 6.42 Å². The molecule has 106 valence electrons. The van der Waals surface area contributed by atoms with Crippen LogP contribution in [0.3, 0.4) is 0 Å². The van der Waals surface area contributed by atoms with Crippen molar-refractivity contribution < 1.29 is 14.3 Å². The van der Waals surface area contributed by atoms with E-state index in [1.807, 2.05) is 37.4 Å². The van der Waals surface area contributed by atoms with Crippen LogP contribution in [0, 0.1) is 0 Å². The number of nitrogens with zero attached hydrogens (tertiary/aromatic N) is 1. The normalized spacial score (nSPS) is 18.7. The van der Waals surface area contributed by atoms with Gasteiger partial charge in [-0.1, -0.05) is 18.2 Å². The molecule has 0 N–H and O–H groups in total. The fraction of sp³-hybridized carbons (Fsp3) is 0.235. The van der Waals surface area contributed by atoms with Crippen molar-refractivity contribution in [2.45, 2.75) is 12.5 Å². The Kier molecular flexibility index (Phi) is 2.48. The van der Waals surface area contributed by atoms with Crippen molar-refractivity contribution in [3.63, 3.8) is 0 Å². The molecule has 0 aliphatic carbocycles. The lowest BCUT2D eigenvalue weighted by molar-refractivity contribution is 0.0774. The molecule has 0 aromatic heterocycles. The Morgan fingerprint density at radius 2 is 2.05 bits per heavy atom. The van der Waals surface area contributed by atoms with Gasteiger partial charge >= 0.3 is 0 Å². The zero-order valence-electron chi connectivity index (χ0n) is 11.9. The summed E-state index contributed by atoms with van der Waals surface area (Å²) in [4.78, 5) is 14.2. The second-order valence-corrected chi connectivity index (χ2v) is 5.40. The average molecular weight is 281 g/mol. The first-order valence-corrected chi connectivity index (χ1v) is 6.94. The molecular formula is C17H15NO3. The van der Waals surface area contributed by atoms with Crippen molar-refractivity contribution in [2.75, 3.05) is 14.2 Å². The minimum Gasteiger partial charge on any atom is -0.493 e. The molecule has 1 atom stereocenters. The Hall–Kier alpha value is -2.49. The number of ether oxygens (including phenoxy) is 2. The van der Waals surface area contributed by atoms with Crippen LogP contribution in [0.5, 0.6) is 17.2 Å². The maximum Gasteiger partial charge on any atom is 0.254 e. The highest BCUT2D eigenvalue weighted by molar-refractivity contribution is 6.00. The summed E-state index contributed by atoms with van der Waals surface area (Å²) in [5.74, 6) is 2.21. The van der Waals surface area contributed by atoms with Gasteiger partial charge in [0.2, 0.25) is 0 Å². The Bertz CT molecular complexity index is 754. The zero-order chi connectivity index (χ0) is 14.6. The van der Waals surface area contributed by atoms with Gasteiger partial charge in [0, 0.05) is 24.6 Å². The van der Waals surface area contributed by atoms with Crippen LogP contribution in [0.2, 0.25) is 0 Å². The molecule has 4 rings (SSSR count). The number of hydrogen-bond donors (Lipinski definition) is 0. The third kappa shape index (κ3) is 1.59. The standard InChI is InChI=1S/C17H15NO3/c1-18-12-9-10-5-3-4-6-13(10)21-16-14(20-2)8-7-11(15(12)16)17(18)19/h3-8,12H,9H2,1-2H3/t12-/m1/s1. The Morgan fingerprint density at radius 1 is 1.24 bits per heavy atom. The Balaban J connectivity index is 2.00. The Labute approximate surface area is 122 Å². The molecular weight excluding hydrogens is 266 g/mol. The maximum absolute atomic E-state index is 12.4. The first kappa shape index (κ1) is 12.3. The van der Waals surface area contributed by atoms with Gasteiger partial charge in [-0.2, -0.15) is 0 Å². The molecule has 2 aromatic rings. The summed E-state index contributed by atoms with van der Waals surface area (Å²) in [6, 6.07) is 11.6. The van der Waals surface area contributed by atoms with Crippen molar-refractivity contribution in [1.29, 1.82) is 0 Å². The van der Waals surface area contributed by atoms with E-state index >= 15 is 0 Å². The van der Waals surface area contributed by atoms with Gasteiger partial charge in [0.05, 0.1) is 13.2 Å². The summed E-state index contributed by atoms with van der Waals surface area (Å²) in [6.45, 7) is 0. The van der Waals surface area contributed by atoms with Gasteiger partial charge in [-0.25, -0.2) is 0 Å². The van der Waals surface area contributed by atoms with E-state index in [1.54, 1.807) is 18.1 Å². The van der Waals surface area contributed by atoms with Crippen molar-refractivity contribution in [1.82, 2.24) is 4.90 Å². The first-order chi connectivity index (χ1) is 10.2. The van der Waals surface area contributed by atoms with E-state index in [-0.39, 0.29) is 11.9 Å². The number of methoxy groups -OCH3 is 1. The first-order valence-electron chi connectivity index (χ1n) is 6.94. The molecule has 4 heteroatoms. The largest absolute Gasteiger partial charge is 0.493 e. The maximum atomic E-state index is 12.4. The van der Waals surface area contributed by atoms with Crippen molar-refractivity contribution in [3.8, 4) is 17.2 Å². The summed E-state index contributed by atoms with van der Waals surface area (Å²) >= 11 is 0. The average Bonchev–Trinajstić information content (AvgIpc) is 2.67. The molecule has 21 heavy (non-hydrogen) atoms. The van der Waals surface area contributed by atoms with Crippen LogP contribution in [-0.4, -0.2) is 25.0 Å². The summed E-state index contributed by atoms with van der Waals surface area (Å²) in [5, 5.41) is 0. The number of benzene rings is 2. The zero-order valence-corrected chi connectivity index (χ0v) is 11.9. The molecule has 0 radical (unpaired) electrons. The molecule has 0 saturated heterocycles. The van der Waals surface area contributed by atoms with Crippen LogP contribution in [0.25, 0.3) is 0 Å². The fourth-order valence-electron chi connectivity index (χ4n) is 3.22. The van der Waals surface area contributed by atoms with E-state index in [0.29, 0.717) is 17.1 Å². The highest BCUT2D eigenvalue weighted by Crippen LogP contribution is 2.49. The van der Waals surface area contributed by atoms with Crippen molar-refractivity contribution >= 4 is 5.91 Å². The lowest BCUT2D eigenvalue weighted by atomic mass is 9.98. The van der Waals surface area contributed by atoms with Gasteiger partial charge in [-0.05, 0) is 23.8 Å². The third-order valence-electron chi connectivity index (χ3n) is 4.33. The molecule has 1 amide bonds. The van der Waals surface area contributed by atoms with E-state index in [4.69, 9.17) is 9.47 Å². The van der Waals surface area contributed by atoms with Crippen molar-refractivity contribution in [2.24, 2.45) is 0 Å². The fourth-order valence-corrected chi connectivity index (χ4v) is 3.22. The summed E-state index contributed by atoms with van der Waals surface area (Å²) in [7, 11) is 3.46. The van der Waals surface area contributed by atoms with Gasteiger partial charge in [0.1, 0.15) is 5.75 Å². The van der Waals surface area contributed by atoms with E-state index in [0.717, 1.165) is 23.3 Å². The predicted molar refractivity (Wildman–Crippen MR) is 78.0 cm³/mol. The lowest BCUT2D eigenvalue weighted by Gasteiger charge is -2.19. The van der Waals surface area contributed by atoms with Crippen LogP contribution in [0.1, 0.15) is 27.5 Å². The SMILES string of the molecule is COc1ccc2c3c1Oc1ccccc1C[C@H]3N(C)C2=O. The second kappa shape index (κ2) is 4.25. The molecule has 2 heterocycles. The predicted octanol–water partition coefficient (Wildman–Crippen LogP) is 3.17. The van der Waals surface area contributed by atoms with Crippen LogP contribution < -0.4 is 9.47 Å². The van der Waals surface area contributed by atoms with Gasteiger partial charge in [-0.15, -0.1) is 0 Å². The minimum atomic E-state index is 0.00116. The van der Waals surface area contributed by atoms with Gasteiger partial charge in [0.25, 0.3) is 5.91 Å². The number of amides is 1. The molecule has 2 aliphatic heterocycles. The van der Waals surface area contributed by atoms with Crippen LogP contribution >= 0.6 is 0 Å². The second-order valence-electron chi connectivity index (χ2n) is 5.40. The van der Waals surface area contributed by atoms with Gasteiger partial charge in [0.15, 0.2) is 11.5 Å². The highest BCUT2D eigenvalue weighted by atomic mass is 16.5. The quantitative estimate of drug-likeness (QED) is 0.806. The summed E-state index contributed by atoms with van der Waals surface area (Å²) in [5.41, 5.74) is 2.76. The van der Waals surface area contributed by atoms with E-state index in [2.05, 4.69) is 0 Å². The number of carbonyl (C=O) groups is 1. The van der Waals surface area contributed by atoms with Crippen molar-refractivity contribution in [3.05, 3.63) is 53.1 Å². The number of rotatable bonds is 1. The van der Waals surface area contributed by atoms with Crippen LogP contribution in [0.4, 0.5) is 0 Å². The summed E-state index contributed by atoms with van der Waals surface area (Å²) < 4.78 is 11.5. The third-order valence-corrected chi connectivity index (χ3v) is 4.33. The number of fused-ring (bicyclic) bond motifs is 1. The Morgan fingerprint density at radius 3 is 2.86 bits per heavy atom. The highest BCUT2D eigenvalue weighted by Gasteiger charge is 2.40. The number of para-hydroxylation sites is 1. The molecule has 4 nitrogen and oxygen atoms in total. The lowest BCUT2D eigenvalue weighted by Crippen LogP contribution is -2.24. The van der Waals surface area contributed by atoms with E-state index < -0.39 is 0 Å². The number of carbonyl (C=O) groups excluding carboxylic acids is 1. The molecule has 2 aliphatic rings. The van der Waals surface area contributed by atoms with Gasteiger partial charge < -0.3 is 14.4 Å². The number of hydrogen-bond acceptors (Lipinski definition) is 3. The molecule has 0 unspecified atom stereocenters. The molecule has 0 fully saturated rings. The summed E-state index contributed by atoms with van der Waals surface area (Å²) in [6.07, 6.45) is 0.756. The van der Waals surface area contributed by atoms with Gasteiger partial charge in [-0.3, -0.25) is 4.79 Å². The molecule has 2 aromatic carbocycles. The molecule has 0 bridgehead atoms. The monoisotopic (exact) mass is 281 g/mol. The number of likely N-dealkylation sites (N-methyl/N-ethyl adjacent to an activating group) is 1. The molecule has 0 saturated carbocycles. The smallest absolute Gasteiger partial charge is 0.254 e. The van der Waals surface area contributed by atoms with Crippen LogP contribution in [0.15, 0.2) is 36.4 Å². The minimum absolute atomic E-state index is 0.00116. The topological polar surface area (TPSA) is 38.8 Å². The molecule has 0 spiro atoms. The van der Waals surface area contributed by atoms with E-state index in [9.17, 15) is 4.79 Å².